The van der Waals surface area contributed by atoms with Gasteiger partial charge in [0.1, 0.15) is 0 Å². The molecule has 4 rings (SSSR count). The molecule has 1 aromatic carbocycles. The molecular formula is C20H24N6O. The van der Waals surface area contributed by atoms with Crippen LogP contribution in [0.4, 0.5) is 5.82 Å². The Bertz CT molecular complexity index is 995. The molecule has 0 saturated heterocycles. The van der Waals surface area contributed by atoms with Crippen LogP contribution in [0.15, 0.2) is 24.3 Å². The number of H-pyrrole nitrogens is 1. The molecule has 7 heteroatoms. The van der Waals surface area contributed by atoms with E-state index in [1.165, 1.54) is 11.1 Å². The second kappa shape index (κ2) is 6.66. The molecule has 2 aromatic heterocycles. The molecule has 1 aliphatic heterocycles. The van der Waals surface area contributed by atoms with E-state index >= 15 is 0 Å². The summed E-state index contributed by atoms with van der Waals surface area (Å²) in [6.45, 7) is 7.80. The number of anilines is 1. The highest BCUT2D eigenvalue weighted by molar-refractivity contribution is 6.03. The molecule has 3 heterocycles. The van der Waals surface area contributed by atoms with Gasteiger partial charge in [-0.3, -0.25) is 9.89 Å². The van der Waals surface area contributed by atoms with Crippen molar-refractivity contribution < 1.29 is 4.79 Å². The fourth-order valence-corrected chi connectivity index (χ4v) is 3.66. The number of fused-ring (bicyclic) bond motifs is 1. The molecule has 2 N–H and O–H groups in total. The van der Waals surface area contributed by atoms with Crippen LogP contribution in [0.3, 0.4) is 0 Å². The van der Waals surface area contributed by atoms with Gasteiger partial charge in [-0.25, -0.2) is 4.68 Å². The van der Waals surface area contributed by atoms with Gasteiger partial charge in [0.05, 0.1) is 5.69 Å². The molecule has 3 aromatic rings. The SMILES string of the molecule is Cc1cc(C)cc(-n2nc(NC(=O)c3n[nH]c4c3CN(C)CC4)cc2C)c1. The minimum Gasteiger partial charge on any atom is -0.304 e. The monoisotopic (exact) mass is 364 g/mol. The largest absolute Gasteiger partial charge is 0.304 e. The van der Waals surface area contributed by atoms with E-state index in [1.807, 2.05) is 24.7 Å². The standard InChI is InChI=1S/C20H24N6O/c1-12-7-13(2)9-15(8-12)26-14(3)10-18(24-26)21-20(27)19-16-11-25(4)6-5-17(16)22-23-19/h7-10H,5-6,11H2,1-4H3,(H,22,23)(H,21,24,27). The lowest BCUT2D eigenvalue weighted by Gasteiger charge is -2.22. The number of hydrogen-bond acceptors (Lipinski definition) is 4. The van der Waals surface area contributed by atoms with Gasteiger partial charge in [-0.2, -0.15) is 5.10 Å². The summed E-state index contributed by atoms with van der Waals surface area (Å²) in [6, 6.07) is 8.17. The number of nitrogens with one attached hydrogen (secondary N) is 2. The number of carbonyl (C=O) groups excluding carboxylic acids is 1. The van der Waals surface area contributed by atoms with E-state index in [4.69, 9.17) is 0 Å². The molecule has 140 valence electrons. The highest BCUT2D eigenvalue weighted by Gasteiger charge is 2.24. The van der Waals surface area contributed by atoms with E-state index in [0.29, 0.717) is 11.5 Å². The average molecular weight is 364 g/mol. The number of nitrogens with zero attached hydrogens (tertiary/aromatic N) is 4. The first kappa shape index (κ1) is 17.5. The Morgan fingerprint density at radius 2 is 1.89 bits per heavy atom. The summed E-state index contributed by atoms with van der Waals surface area (Å²) >= 11 is 0. The second-order valence-corrected chi connectivity index (χ2v) is 7.40. The minimum absolute atomic E-state index is 0.229. The van der Waals surface area contributed by atoms with Crippen LogP contribution in [0, 0.1) is 20.8 Å². The molecule has 0 fully saturated rings. The smallest absolute Gasteiger partial charge is 0.277 e. The summed E-state index contributed by atoms with van der Waals surface area (Å²) in [5.74, 6) is 0.297. The molecule has 1 amide bonds. The van der Waals surface area contributed by atoms with Gasteiger partial charge in [0, 0.05) is 42.5 Å². The molecule has 0 saturated carbocycles. The van der Waals surface area contributed by atoms with Gasteiger partial charge < -0.3 is 10.2 Å². The van der Waals surface area contributed by atoms with Crippen LogP contribution in [0.2, 0.25) is 0 Å². The van der Waals surface area contributed by atoms with Crippen LogP contribution >= 0.6 is 0 Å². The third kappa shape index (κ3) is 3.38. The van der Waals surface area contributed by atoms with Gasteiger partial charge in [0.15, 0.2) is 11.5 Å². The zero-order chi connectivity index (χ0) is 19.1. The summed E-state index contributed by atoms with van der Waals surface area (Å²) in [5.41, 5.74) is 6.79. The Labute approximate surface area is 158 Å². The van der Waals surface area contributed by atoms with E-state index in [1.54, 1.807) is 0 Å². The molecule has 27 heavy (non-hydrogen) atoms. The molecule has 0 spiro atoms. The number of hydrogen-bond donors (Lipinski definition) is 2. The number of carbonyl (C=O) groups is 1. The molecule has 0 unspecified atom stereocenters. The fraction of sp³-hybridized carbons (Fsp3) is 0.350. The van der Waals surface area contributed by atoms with Crippen molar-refractivity contribution in [3.8, 4) is 5.69 Å². The molecule has 0 atom stereocenters. The normalized spacial score (nSPS) is 14.2. The summed E-state index contributed by atoms with van der Waals surface area (Å²) in [6.07, 6.45) is 0.882. The van der Waals surface area contributed by atoms with E-state index in [0.717, 1.165) is 42.1 Å². The van der Waals surface area contributed by atoms with Crippen molar-refractivity contribution in [3.05, 3.63) is 58.0 Å². The molecule has 7 nitrogen and oxygen atoms in total. The summed E-state index contributed by atoms with van der Waals surface area (Å²) in [7, 11) is 2.05. The van der Waals surface area contributed by atoms with Gasteiger partial charge in [-0.15, -0.1) is 5.10 Å². The van der Waals surface area contributed by atoms with E-state index in [2.05, 4.69) is 57.6 Å². The Morgan fingerprint density at radius 1 is 1.15 bits per heavy atom. The molecule has 0 bridgehead atoms. The van der Waals surface area contributed by atoms with Crippen LogP contribution in [-0.4, -0.2) is 44.4 Å². The third-order valence-electron chi connectivity index (χ3n) is 4.92. The summed E-state index contributed by atoms with van der Waals surface area (Å²) in [4.78, 5) is 14.9. The minimum atomic E-state index is -0.229. The van der Waals surface area contributed by atoms with Crippen molar-refractivity contribution >= 4 is 11.7 Å². The van der Waals surface area contributed by atoms with Crippen molar-refractivity contribution in [2.75, 3.05) is 18.9 Å². The van der Waals surface area contributed by atoms with Crippen LogP contribution in [-0.2, 0) is 13.0 Å². The zero-order valence-corrected chi connectivity index (χ0v) is 16.1. The first-order valence-electron chi connectivity index (χ1n) is 9.12. The zero-order valence-electron chi connectivity index (χ0n) is 16.1. The Kier molecular flexibility index (Phi) is 4.31. The van der Waals surface area contributed by atoms with Crippen molar-refractivity contribution in [1.29, 1.82) is 0 Å². The topological polar surface area (TPSA) is 78.8 Å². The number of aromatic nitrogens is 4. The van der Waals surface area contributed by atoms with Crippen molar-refractivity contribution in [1.82, 2.24) is 24.9 Å². The Morgan fingerprint density at radius 3 is 2.63 bits per heavy atom. The first-order chi connectivity index (χ1) is 12.9. The highest BCUT2D eigenvalue weighted by Crippen LogP contribution is 2.21. The van der Waals surface area contributed by atoms with Gasteiger partial charge in [0.25, 0.3) is 5.91 Å². The molecular weight excluding hydrogens is 340 g/mol. The van der Waals surface area contributed by atoms with Crippen LogP contribution < -0.4 is 5.32 Å². The fourth-order valence-electron chi connectivity index (χ4n) is 3.66. The van der Waals surface area contributed by atoms with Crippen LogP contribution in [0.25, 0.3) is 5.69 Å². The van der Waals surface area contributed by atoms with E-state index in [9.17, 15) is 4.79 Å². The number of likely N-dealkylation sites (N-methyl/N-ethyl adjacent to an activating group) is 1. The van der Waals surface area contributed by atoms with Crippen molar-refractivity contribution in [2.24, 2.45) is 0 Å². The quantitative estimate of drug-likeness (QED) is 0.749. The highest BCUT2D eigenvalue weighted by atomic mass is 16.2. The number of amides is 1. The number of aromatic amines is 1. The van der Waals surface area contributed by atoms with Gasteiger partial charge in [-0.1, -0.05) is 6.07 Å². The Hall–Kier alpha value is -2.93. The summed E-state index contributed by atoms with van der Waals surface area (Å²) in [5, 5.41) is 14.7. The molecule has 0 aliphatic carbocycles. The number of benzene rings is 1. The Balaban J connectivity index is 1.59. The first-order valence-corrected chi connectivity index (χ1v) is 9.12. The van der Waals surface area contributed by atoms with Gasteiger partial charge >= 0.3 is 0 Å². The maximum absolute atomic E-state index is 12.8. The number of aryl methyl sites for hydroxylation is 3. The van der Waals surface area contributed by atoms with E-state index in [-0.39, 0.29) is 5.91 Å². The predicted octanol–water partition coefficient (Wildman–Crippen LogP) is 2.76. The number of rotatable bonds is 3. The van der Waals surface area contributed by atoms with E-state index < -0.39 is 0 Å². The van der Waals surface area contributed by atoms with Gasteiger partial charge in [-0.05, 0) is 51.1 Å². The van der Waals surface area contributed by atoms with Gasteiger partial charge in [0.2, 0.25) is 0 Å². The third-order valence-corrected chi connectivity index (χ3v) is 4.92. The van der Waals surface area contributed by atoms with Crippen molar-refractivity contribution in [2.45, 2.75) is 33.7 Å². The molecule has 1 aliphatic rings. The predicted molar refractivity (Wildman–Crippen MR) is 104 cm³/mol. The second-order valence-electron chi connectivity index (χ2n) is 7.40. The lowest BCUT2D eigenvalue weighted by atomic mass is 10.1. The maximum Gasteiger partial charge on any atom is 0.277 e. The van der Waals surface area contributed by atoms with Crippen LogP contribution in [0.5, 0.6) is 0 Å². The molecule has 0 radical (unpaired) electrons. The lowest BCUT2D eigenvalue weighted by molar-refractivity contribution is 0.102. The van der Waals surface area contributed by atoms with Crippen molar-refractivity contribution in [3.63, 3.8) is 0 Å². The summed E-state index contributed by atoms with van der Waals surface area (Å²) < 4.78 is 1.85. The van der Waals surface area contributed by atoms with Crippen LogP contribution in [0.1, 0.15) is 38.6 Å². The lowest BCUT2D eigenvalue weighted by Crippen LogP contribution is -2.27. The maximum atomic E-state index is 12.8. The average Bonchev–Trinajstić information content (AvgIpc) is 3.17.